The molecule has 21 heavy (non-hydrogen) atoms. The summed E-state index contributed by atoms with van der Waals surface area (Å²) in [5.74, 6) is 0. The molecule has 0 aliphatic carbocycles. The molecule has 114 valence electrons. The van der Waals surface area contributed by atoms with Crippen molar-refractivity contribution >= 4 is 17.4 Å². The quantitative estimate of drug-likeness (QED) is 0.939. The maximum Gasteiger partial charge on any atom is 0.408 e. The number of nitrogens with one attached hydrogen (secondary N) is 1. The van der Waals surface area contributed by atoms with E-state index in [2.05, 4.69) is 16.4 Å². The summed E-state index contributed by atoms with van der Waals surface area (Å²) >= 11 is 1.70. The van der Waals surface area contributed by atoms with Crippen LogP contribution in [-0.4, -0.2) is 21.2 Å². The molecule has 0 spiro atoms. The van der Waals surface area contributed by atoms with Gasteiger partial charge in [-0.05, 0) is 39.1 Å². The predicted octanol–water partition coefficient (Wildman–Crippen LogP) is 3.58. The molecule has 0 radical (unpaired) electrons. The van der Waals surface area contributed by atoms with E-state index in [0.717, 1.165) is 12.2 Å². The lowest BCUT2D eigenvalue weighted by Gasteiger charge is -2.22. The van der Waals surface area contributed by atoms with Crippen molar-refractivity contribution in [2.75, 3.05) is 0 Å². The van der Waals surface area contributed by atoms with Crippen LogP contribution in [0.1, 0.15) is 44.3 Å². The Morgan fingerprint density at radius 1 is 1.52 bits per heavy atom. The molecule has 0 aromatic carbocycles. The average molecular weight is 307 g/mol. The number of carbonyl (C=O) groups is 1. The average Bonchev–Trinajstić information content (AvgIpc) is 2.97. The maximum atomic E-state index is 11.8. The Kier molecular flexibility index (Phi) is 4.67. The number of ether oxygens (including phenoxy) is 1. The fourth-order valence-electron chi connectivity index (χ4n) is 1.95. The number of aromatic nitrogens is 2. The Morgan fingerprint density at radius 3 is 2.90 bits per heavy atom. The van der Waals surface area contributed by atoms with Crippen LogP contribution < -0.4 is 5.32 Å². The van der Waals surface area contributed by atoms with Crippen molar-refractivity contribution < 1.29 is 9.53 Å². The second-order valence-electron chi connectivity index (χ2n) is 5.89. The number of imidazole rings is 1. The van der Waals surface area contributed by atoms with Gasteiger partial charge in [0.15, 0.2) is 0 Å². The molecule has 0 saturated heterocycles. The van der Waals surface area contributed by atoms with E-state index in [1.807, 2.05) is 43.7 Å². The van der Waals surface area contributed by atoms with Gasteiger partial charge in [-0.25, -0.2) is 9.78 Å². The van der Waals surface area contributed by atoms with Crippen LogP contribution in [0.15, 0.2) is 30.0 Å². The lowest BCUT2D eigenvalue weighted by atomic mass is 10.2. The third-order valence-corrected chi connectivity index (χ3v) is 3.69. The van der Waals surface area contributed by atoms with Gasteiger partial charge < -0.3 is 14.6 Å². The summed E-state index contributed by atoms with van der Waals surface area (Å²) in [6.07, 6.45) is 3.14. The van der Waals surface area contributed by atoms with E-state index in [9.17, 15) is 4.79 Å². The minimum atomic E-state index is -0.499. The van der Waals surface area contributed by atoms with Crippen molar-refractivity contribution in [2.45, 2.75) is 45.9 Å². The topological polar surface area (TPSA) is 56.1 Å². The van der Waals surface area contributed by atoms with E-state index in [1.165, 1.54) is 4.88 Å². The fraction of sp³-hybridized carbons (Fsp3) is 0.467. The minimum absolute atomic E-state index is 0.165. The molecule has 1 N–H and O–H groups in total. The Hall–Kier alpha value is -1.82. The predicted molar refractivity (Wildman–Crippen MR) is 83.4 cm³/mol. The largest absolute Gasteiger partial charge is 0.444 e. The van der Waals surface area contributed by atoms with Crippen LogP contribution in [-0.2, 0) is 11.3 Å². The molecule has 2 heterocycles. The zero-order chi connectivity index (χ0) is 15.5. The summed E-state index contributed by atoms with van der Waals surface area (Å²) in [6.45, 7) is 8.22. The van der Waals surface area contributed by atoms with E-state index in [0.29, 0.717) is 0 Å². The standard InChI is InChI=1S/C15H21N3O2S/c1-11(17-14(19)20-15(2,3)4)13-8-16-10-18(13)9-12-6-5-7-21-12/h5-8,10-11H,9H2,1-4H3,(H,17,19)/t11-/m0/s1. The van der Waals surface area contributed by atoms with Crippen molar-refractivity contribution in [3.63, 3.8) is 0 Å². The Labute approximate surface area is 129 Å². The molecule has 0 unspecified atom stereocenters. The number of thiophene rings is 1. The first-order chi connectivity index (χ1) is 9.85. The molecule has 2 rings (SSSR count). The molecule has 2 aromatic rings. The Balaban J connectivity index is 2.01. The second-order valence-corrected chi connectivity index (χ2v) is 6.93. The van der Waals surface area contributed by atoms with Gasteiger partial charge in [0, 0.05) is 4.88 Å². The molecule has 2 aromatic heterocycles. The van der Waals surface area contributed by atoms with Gasteiger partial charge in [0.25, 0.3) is 0 Å². The molecular formula is C15H21N3O2S. The lowest BCUT2D eigenvalue weighted by molar-refractivity contribution is 0.0506. The third kappa shape index (κ3) is 4.60. The van der Waals surface area contributed by atoms with Crippen molar-refractivity contribution in [1.82, 2.24) is 14.9 Å². The number of carbonyl (C=O) groups excluding carboxylic acids is 1. The van der Waals surface area contributed by atoms with E-state index in [4.69, 9.17) is 4.74 Å². The molecule has 0 aliphatic rings. The second kappa shape index (κ2) is 6.30. The van der Waals surface area contributed by atoms with E-state index in [1.54, 1.807) is 23.9 Å². The first-order valence-corrected chi connectivity index (χ1v) is 7.75. The van der Waals surface area contributed by atoms with Gasteiger partial charge >= 0.3 is 6.09 Å². The zero-order valence-corrected chi connectivity index (χ0v) is 13.6. The fourth-order valence-corrected chi connectivity index (χ4v) is 2.66. The number of rotatable bonds is 4. The number of alkyl carbamates (subject to hydrolysis) is 1. The van der Waals surface area contributed by atoms with Crippen LogP contribution in [0.4, 0.5) is 4.79 Å². The van der Waals surface area contributed by atoms with Crippen LogP contribution in [0.5, 0.6) is 0 Å². The summed E-state index contributed by atoms with van der Waals surface area (Å²) in [5.41, 5.74) is 0.454. The van der Waals surface area contributed by atoms with Gasteiger partial charge in [-0.2, -0.15) is 0 Å². The van der Waals surface area contributed by atoms with Gasteiger partial charge in [-0.15, -0.1) is 11.3 Å². The van der Waals surface area contributed by atoms with Crippen molar-refractivity contribution in [3.05, 3.63) is 40.6 Å². The highest BCUT2D eigenvalue weighted by Crippen LogP contribution is 2.17. The summed E-state index contributed by atoms with van der Waals surface area (Å²) in [5, 5.41) is 4.89. The van der Waals surface area contributed by atoms with Crippen LogP contribution in [0.2, 0.25) is 0 Å². The van der Waals surface area contributed by atoms with Crippen LogP contribution >= 0.6 is 11.3 Å². The van der Waals surface area contributed by atoms with Gasteiger partial charge in [0.1, 0.15) is 5.60 Å². The maximum absolute atomic E-state index is 11.8. The van der Waals surface area contributed by atoms with E-state index >= 15 is 0 Å². The first kappa shape index (κ1) is 15.6. The first-order valence-electron chi connectivity index (χ1n) is 6.87. The molecule has 1 amide bonds. The zero-order valence-electron chi connectivity index (χ0n) is 12.8. The molecule has 0 saturated carbocycles. The summed E-state index contributed by atoms with van der Waals surface area (Å²) < 4.78 is 7.31. The third-order valence-electron chi connectivity index (χ3n) is 2.83. The van der Waals surface area contributed by atoms with Crippen molar-refractivity contribution in [2.24, 2.45) is 0 Å². The van der Waals surface area contributed by atoms with Crippen LogP contribution in [0.25, 0.3) is 0 Å². The monoisotopic (exact) mass is 307 g/mol. The summed E-state index contributed by atoms with van der Waals surface area (Å²) in [6, 6.07) is 3.95. The van der Waals surface area contributed by atoms with Gasteiger partial charge in [0.05, 0.1) is 30.8 Å². The van der Waals surface area contributed by atoms with Gasteiger partial charge in [0.2, 0.25) is 0 Å². The van der Waals surface area contributed by atoms with Crippen molar-refractivity contribution in [3.8, 4) is 0 Å². The van der Waals surface area contributed by atoms with Crippen molar-refractivity contribution in [1.29, 1.82) is 0 Å². The van der Waals surface area contributed by atoms with Gasteiger partial charge in [-0.1, -0.05) is 6.07 Å². The van der Waals surface area contributed by atoms with Gasteiger partial charge in [-0.3, -0.25) is 0 Å². The smallest absolute Gasteiger partial charge is 0.408 e. The van der Waals surface area contributed by atoms with E-state index in [-0.39, 0.29) is 6.04 Å². The Bertz CT molecular complexity index is 584. The van der Waals surface area contributed by atoms with Crippen LogP contribution in [0, 0.1) is 0 Å². The normalized spacial score (nSPS) is 13.0. The summed E-state index contributed by atoms with van der Waals surface area (Å²) in [4.78, 5) is 17.3. The number of hydrogen-bond acceptors (Lipinski definition) is 4. The number of nitrogens with zero attached hydrogens (tertiary/aromatic N) is 2. The molecular weight excluding hydrogens is 286 g/mol. The highest BCUT2D eigenvalue weighted by Gasteiger charge is 2.19. The lowest BCUT2D eigenvalue weighted by Crippen LogP contribution is -2.34. The van der Waals surface area contributed by atoms with E-state index < -0.39 is 11.7 Å². The molecule has 0 aliphatic heterocycles. The number of hydrogen-bond donors (Lipinski definition) is 1. The summed E-state index contributed by atoms with van der Waals surface area (Å²) in [7, 11) is 0. The molecule has 0 fully saturated rings. The molecule has 6 heteroatoms. The Morgan fingerprint density at radius 2 is 2.29 bits per heavy atom. The molecule has 5 nitrogen and oxygen atoms in total. The SMILES string of the molecule is C[C@H](NC(=O)OC(C)(C)C)c1cncn1Cc1cccs1. The van der Waals surface area contributed by atoms with Crippen LogP contribution in [0.3, 0.4) is 0 Å². The molecule has 0 bridgehead atoms. The highest BCUT2D eigenvalue weighted by atomic mass is 32.1. The highest BCUT2D eigenvalue weighted by molar-refractivity contribution is 7.09. The molecule has 1 atom stereocenters. The minimum Gasteiger partial charge on any atom is -0.444 e. The number of amides is 1.